The standard InChI is InChI=1S/C21H16FN3O2S/c1-3-12-23-19(26)16-6-4-5-7-17(16)25-20(27)18-13(2)24-21(28-18)14-8-10-15(22)11-9-14/h1,4-11H,12H2,2H3,(H,23,26)(H,25,27). The number of thiazole rings is 1. The first kappa shape index (κ1) is 19.3. The monoisotopic (exact) mass is 393 g/mol. The van der Waals surface area contributed by atoms with E-state index >= 15 is 0 Å². The molecular formula is C21H16FN3O2S. The van der Waals surface area contributed by atoms with Crippen LogP contribution in [-0.2, 0) is 0 Å². The van der Waals surface area contributed by atoms with E-state index in [0.29, 0.717) is 26.8 Å². The Labute approximate surface area is 165 Å². The smallest absolute Gasteiger partial charge is 0.267 e. The molecule has 0 saturated heterocycles. The molecule has 1 aromatic heterocycles. The highest BCUT2D eigenvalue weighted by molar-refractivity contribution is 7.17. The third kappa shape index (κ3) is 4.24. The summed E-state index contributed by atoms with van der Waals surface area (Å²) in [6, 6.07) is 12.6. The Kier molecular flexibility index (Phi) is 5.82. The van der Waals surface area contributed by atoms with Crippen molar-refractivity contribution in [3.63, 3.8) is 0 Å². The second-order valence-corrected chi connectivity index (χ2v) is 6.83. The van der Waals surface area contributed by atoms with Gasteiger partial charge >= 0.3 is 0 Å². The summed E-state index contributed by atoms with van der Waals surface area (Å²) in [5.74, 6) is 1.25. The average Bonchev–Trinajstić information content (AvgIpc) is 3.09. The number of anilines is 1. The van der Waals surface area contributed by atoms with E-state index in [1.165, 1.54) is 23.5 Å². The number of carbonyl (C=O) groups is 2. The maximum absolute atomic E-state index is 13.1. The quantitative estimate of drug-likeness (QED) is 0.647. The number of hydrogen-bond donors (Lipinski definition) is 2. The van der Waals surface area contributed by atoms with Gasteiger partial charge in [-0.25, -0.2) is 9.37 Å². The number of rotatable bonds is 5. The SMILES string of the molecule is C#CCNC(=O)c1ccccc1NC(=O)c1sc(-c2ccc(F)cc2)nc1C. The Morgan fingerprint density at radius 3 is 2.57 bits per heavy atom. The van der Waals surface area contributed by atoms with Crippen LogP contribution in [0.3, 0.4) is 0 Å². The fourth-order valence-electron chi connectivity index (χ4n) is 2.52. The van der Waals surface area contributed by atoms with Gasteiger partial charge in [0.1, 0.15) is 15.7 Å². The molecule has 0 fully saturated rings. The number of benzene rings is 2. The van der Waals surface area contributed by atoms with Gasteiger partial charge in [0.2, 0.25) is 0 Å². The number of nitrogens with one attached hydrogen (secondary N) is 2. The molecule has 3 rings (SSSR count). The van der Waals surface area contributed by atoms with Gasteiger partial charge in [0.15, 0.2) is 0 Å². The van der Waals surface area contributed by atoms with Crippen LogP contribution in [0.15, 0.2) is 48.5 Å². The number of aromatic nitrogens is 1. The van der Waals surface area contributed by atoms with E-state index in [4.69, 9.17) is 6.42 Å². The predicted octanol–water partition coefficient (Wildman–Crippen LogP) is 3.87. The van der Waals surface area contributed by atoms with E-state index in [1.54, 1.807) is 43.3 Å². The van der Waals surface area contributed by atoms with Crippen LogP contribution >= 0.6 is 11.3 Å². The lowest BCUT2D eigenvalue weighted by Crippen LogP contribution is -2.25. The number of terminal acetylenes is 1. The predicted molar refractivity (Wildman–Crippen MR) is 108 cm³/mol. The van der Waals surface area contributed by atoms with Crippen LogP contribution in [0, 0.1) is 25.1 Å². The summed E-state index contributed by atoms with van der Waals surface area (Å²) in [6.07, 6.45) is 5.16. The molecule has 0 aliphatic heterocycles. The molecule has 2 aromatic carbocycles. The first-order chi connectivity index (χ1) is 13.5. The number of hydrogen-bond acceptors (Lipinski definition) is 4. The molecule has 3 aromatic rings. The molecule has 5 nitrogen and oxygen atoms in total. The van der Waals surface area contributed by atoms with E-state index in [9.17, 15) is 14.0 Å². The van der Waals surface area contributed by atoms with Gasteiger partial charge in [-0.2, -0.15) is 0 Å². The molecule has 0 bridgehead atoms. The number of para-hydroxylation sites is 1. The van der Waals surface area contributed by atoms with Crippen LogP contribution in [0.2, 0.25) is 0 Å². The lowest BCUT2D eigenvalue weighted by atomic mass is 10.1. The van der Waals surface area contributed by atoms with E-state index in [2.05, 4.69) is 21.5 Å². The molecule has 0 aliphatic carbocycles. The Balaban J connectivity index is 1.84. The second-order valence-electron chi connectivity index (χ2n) is 5.83. The molecule has 2 amide bonds. The third-order valence-electron chi connectivity index (χ3n) is 3.86. The fourth-order valence-corrected chi connectivity index (χ4v) is 3.49. The van der Waals surface area contributed by atoms with Crippen molar-refractivity contribution in [1.29, 1.82) is 0 Å². The van der Waals surface area contributed by atoms with Crippen LogP contribution < -0.4 is 10.6 Å². The summed E-state index contributed by atoms with van der Waals surface area (Å²) >= 11 is 1.20. The van der Waals surface area contributed by atoms with Crippen LogP contribution in [0.5, 0.6) is 0 Å². The zero-order valence-corrected chi connectivity index (χ0v) is 15.8. The van der Waals surface area contributed by atoms with Gasteiger partial charge in [-0.1, -0.05) is 18.1 Å². The van der Waals surface area contributed by atoms with E-state index in [-0.39, 0.29) is 24.2 Å². The highest BCUT2D eigenvalue weighted by atomic mass is 32.1. The zero-order valence-electron chi connectivity index (χ0n) is 15.0. The van der Waals surface area contributed by atoms with Crippen LogP contribution in [0.1, 0.15) is 25.7 Å². The van der Waals surface area contributed by atoms with Crippen molar-refractivity contribution in [3.05, 3.63) is 70.5 Å². The highest BCUT2D eigenvalue weighted by Crippen LogP contribution is 2.29. The van der Waals surface area contributed by atoms with E-state index in [0.717, 1.165) is 5.56 Å². The summed E-state index contributed by atoms with van der Waals surface area (Å²) in [5, 5.41) is 5.95. The number of nitrogens with zero attached hydrogens (tertiary/aromatic N) is 1. The van der Waals surface area contributed by atoms with E-state index in [1.807, 2.05) is 0 Å². The molecule has 0 saturated carbocycles. The largest absolute Gasteiger partial charge is 0.341 e. The summed E-state index contributed by atoms with van der Waals surface area (Å²) in [5.41, 5.74) is 1.96. The van der Waals surface area contributed by atoms with Crippen molar-refractivity contribution >= 4 is 28.8 Å². The summed E-state index contributed by atoms with van der Waals surface area (Å²) in [6.45, 7) is 1.82. The molecular weight excluding hydrogens is 377 g/mol. The molecule has 28 heavy (non-hydrogen) atoms. The highest BCUT2D eigenvalue weighted by Gasteiger charge is 2.19. The summed E-state index contributed by atoms with van der Waals surface area (Å²) in [7, 11) is 0. The van der Waals surface area contributed by atoms with Crippen molar-refractivity contribution in [1.82, 2.24) is 10.3 Å². The molecule has 0 spiro atoms. The van der Waals surface area contributed by atoms with Crippen molar-refractivity contribution in [3.8, 4) is 22.9 Å². The van der Waals surface area contributed by atoms with Crippen molar-refractivity contribution < 1.29 is 14.0 Å². The second kappa shape index (κ2) is 8.46. The summed E-state index contributed by atoms with van der Waals surface area (Å²) in [4.78, 5) is 29.8. The van der Waals surface area contributed by atoms with Crippen molar-refractivity contribution in [2.24, 2.45) is 0 Å². The van der Waals surface area contributed by atoms with Gasteiger partial charge in [-0.15, -0.1) is 17.8 Å². The summed E-state index contributed by atoms with van der Waals surface area (Å²) < 4.78 is 13.1. The topological polar surface area (TPSA) is 71.1 Å². The van der Waals surface area contributed by atoms with Gasteiger partial charge in [-0.05, 0) is 43.3 Å². The van der Waals surface area contributed by atoms with Gasteiger partial charge in [0.05, 0.1) is 23.5 Å². The maximum Gasteiger partial charge on any atom is 0.267 e. The minimum Gasteiger partial charge on any atom is -0.341 e. The molecule has 1 heterocycles. The van der Waals surface area contributed by atoms with E-state index < -0.39 is 0 Å². The molecule has 0 atom stereocenters. The fraction of sp³-hybridized carbons (Fsp3) is 0.0952. The first-order valence-corrected chi connectivity index (χ1v) is 9.16. The lowest BCUT2D eigenvalue weighted by Gasteiger charge is -2.10. The van der Waals surface area contributed by atoms with Gasteiger partial charge < -0.3 is 10.6 Å². The number of halogens is 1. The van der Waals surface area contributed by atoms with Gasteiger partial charge in [0, 0.05) is 5.56 Å². The number of carbonyl (C=O) groups excluding carboxylic acids is 2. The third-order valence-corrected chi connectivity index (χ3v) is 5.07. The van der Waals surface area contributed by atoms with Crippen molar-refractivity contribution in [2.75, 3.05) is 11.9 Å². The minimum atomic E-state index is -0.374. The van der Waals surface area contributed by atoms with Crippen molar-refractivity contribution in [2.45, 2.75) is 6.92 Å². The Morgan fingerprint density at radius 2 is 1.86 bits per heavy atom. The molecule has 140 valence electrons. The van der Waals surface area contributed by atoms with Crippen LogP contribution in [0.4, 0.5) is 10.1 Å². The number of amides is 2. The van der Waals surface area contributed by atoms with Gasteiger partial charge in [0.25, 0.3) is 11.8 Å². The zero-order chi connectivity index (χ0) is 20.1. The Bertz CT molecular complexity index is 1070. The molecule has 7 heteroatoms. The van der Waals surface area contributed by atoms with Crippen LogP contribution in [-0.4, -0.2) is 23.3 Å². The maximum atomic E-state index is 13.1. The first-order valence-electron chi connectivity index (χ1n) is 8.35. The molecule has 0 radical (unpaired) electrons. The number of aryl methyl sites for hydroxylation is 1. The molecule has 0 aliphatic rings. The Morgan fingerprint density at radius 1 is 1.14 bits per heavy atom. The Hall–Kier alpha value is -3.50. The molecule has 2 N–H and O–H groups in total. The van der Waals surface area contributed by atoms with Gasteiger partial charge in [-0.3, -0.25) is 9.59 Å². The minimum absolute atomic E-state index is 0.0933. The molecule has 0 unspecified atom stereocenters. The normalized spacial score (nSPS) is 10.2. The lowest BCUT2D eigenvalue weighted by molar-refractivity contribution is 0.0959. The van der Waals surface area contributed by atoms with Crippen LogP contribution in [0.25, 0.3) is 10.6 Å². The average molecular weight is 393 g/mol.